The number of imidazole rings is 1. The molecule has 1 aromatic heterocycles. The van der Waals surface area contributed by atoms with E-state index < -0.39 is 10.0 Å². The van der Waals surface area contributed by atoms with Gasteiger partial charge in [0.15, 0.2) is 5.03 Å². The molecular formula is C12H20BrN3O2S. The lowest BCUT2D eigenvalue weighted by atomic mass is 10.3. The first-order chi connectivity index (χ1) is 9.00. The van der Waals surface area contributed by atoms with E-state index in [1.165, 1.54) is 0 Å². The van der Waals surface area contributed by atoms with Crippen LogP contribution in [-0.4, -0.2) is 40.2 Å². The first-order valence-electron chi connectivity index (χ1n) is 6.62. The van der Waals surface area contributed by atoms with E-state index in [1.54, 1.807) is 10.5 Å². The molecule has 1 aliphatic heterocycles. The number of aryl methyl sites for hydroxylation is 2. The Morgan fingerprint density at radius 2 is 2.26 bits per heavy atom. The molecule has 0 radical (unpaired) electrons. The van der Waals surface area contributed by atoms with Crippen LogP contribution in [0.25, 0.3) is 0 Å². The first kappa shape index (κ1) is 15.0. The molecule has 0 spiro atoms. The van der Waals surface area contributed by atoms with Crippen LogP contribution in [0.5, 0.6) is 0 Å². The molecule has 19 heavy (non-hydrogen) atoms. The lowest BCUT2D eigenvalue weighted by Crippen LogP contribution is -2.36. The van der Waals surface area contributed by atoms with E-state index in [-0.39, 0.29) is 11.1 Å². The van der Waals surface area contributed by atoms with Crippen LogP contribution in [0.4, 0.5) is 0 Å². The summed E-state index contributed by atoms with van der Waals surface area (Å²) < 4.78 is 28.7. The maximum Gasteiger partial charge on any atom is 0.262 e. The smallest absolute Gasteiger partial charge is 0.262 e. The molecule has 0 saturated carbocycles. The van der Waals surface area contributed by atoms with Crippen molar-refractivity contribution in [3.63, 3.8) is 0 Å². The van der Waals surface area contributed by atoms with Crippen molar-refractivity contribution in [2.75, 3.05) is 11.9 Å². The van der Waals surface area contributed by atoms with E-state index in [0.717, 1.165) is 31.6 Å². The van der Waals surface area contributed by atoms with Crippen LogP contribution in [0.1, 0.15) is 32.0 Å². The fourth-order valence-corrected chi connectivity index (χ4v) is 5.03. The summed E-state index contributed by atoms with van der Waals surface area (Å²) >= 11 is 3.39. The molecule has 1 unspecified atom stereocenters. The first-order valence-corrected chi connectivity index (χ1v) is 9.18. The molecule has 5 nitrogen and oxygen atoms in total. The Bertz CT molecular complexity index is 541. The van der Waals surface area contributed by atoms with E-state index in [9.17, 15) is 8.42 Å². The Labute approximate surface area is 123 Å². The fourth-order valence-electron chi connectivity index (χ4n) is 2.47. The summed E-state index contributed by atoms with van der Waals surface area (Å²) in [6, 6.07) is 0.0571. The van der Waals surface area contributed by atoms with Crippen molar-refractivity contribution >= 4 is 26.0 Å². The summed E-state index contributed by atoms with van der Waals surface area (Å²) in [6.07, 6.45) is 4.46. The van der Waals surface area contributed by atoms with Crippen molar-refractivity contribution in [1.29, 1.82) is 0 Å². The maximum atomic E-state index is 12.6. The van der Waals surface area contributed by atoms with Crippen molar-refractivity contribution in [2.45, 2.75) is 50.7 Å². The van der Waals surface area contributed by atoms with Gasteiger partial charge in [-0.3, -0.25) is 0 Å². The van der Waals surface area contributed by atoms with Crippen molar-refractivity contribution in [3.8, 4) is 0 Å². The van der Waals surface area contributed by atoms with Gasteiger partial charge in [0.25, 0.3) is 10.0 Å². The maximum absolute atomic E-state index is 12.6. The highest BCUT2D eigenvalue weighted by Gasteiger charge is 2.36. The van der Waals surface area contributed by atoms with E-state index in [2.05, 4.69) is 27.8 Å². The molecule has 0 aromatic carbocycles. The summed E-state index contributed by atoms with van der Waals surface area (Å²) in [4.78, 5) is 4.23. The molecule has 0 bridgehead atoms. The standard InChI is InChI=1S/C12H20BrN3O2S/c1-3-6-15-9-12(14-10(15)2)19(17,18)16-7-4-5-11(16)8-13/h9,11H,3-8H2,1-2H3. The summed E-state index contributed by atoms with van der Waals surface area (Å²) in [5, 5.41) is 0.868. The largest absolute Gasteiger partial charge is 0.334 e. The average Bonchev–Trinajstić information content (AvgIpc) is 2.97. The number of alkyl halides is 1. The van der Waals surface area contributed by atoms with Crippen molar-refractivity contribution in [3.05, 3.63) is 12.0 Å². The molecule has 1 aromatic rings. The molecule has 0 N–H and O–H groups in total. The SMILES string of the molecule is CCCn1cc(S(=O)(=O)N2CCCC2CBr)nc1C. The second-order valence-corrected chi connectivity index (χ2v) is 7.37. The number of halogens is 1. The van der Waals surface area contributed by atoms with Crippen molar-refractivity contribution in [2.24, 2.45) is 0 Å². The van der Waals surface area contributed by atoms with Crippen LogP contribution in [-0.2, 0) is 16.6 Å². The minimum Gasteiger partial charge on any atom is -0.334 e. The van der Waals surface area contributed by atoms with Gasteiger partial charge in [0.2, 0.25) is 0 Å². The normalized spacial score (nSPS) is 21.1. The van der Waals surface area contributed by atoms with Crippen molar-refractivity contribution in [1.82, 2.24) is 13.9 Å². The van der Waals surface area contributed by atoms with Gasteiger partial charge in [0.1, 0.15) is 5.82 Å². The average molecular weight is 350 g/mol. The third-order valence-electron chi connectivity index (χ3n) is 3.49. The zero-order valence-corrected chi connectivity index (χ0v) is 13.7. The van der Waals surface area contributed by atoms with E-state index in [0.29, 0.717) is 11.9 Å². The molecule has 1 fully saturated rings. The second kappa shape index (κ2) is 5.93. The van der Waals surface area contributed by atoms with Crippen LogP contribution >= 0.6 is 15.9 Å². The molecule has 7 heteroatoms. The van der Waals surface area contributed by atoms with Crippen LogP contribution < -0.4 is 0 Å². The van der Waals surface area contributed by atoms with Crippen LogP contribution in [0.15, 0.2) is 11.2 Å². The number of hydrogen-bond donors (Lipinski definition) is 0. The lowest BCUT2D eigenvalue weighted by molar-refractivity contribution is 0.412. The van der Waals surface area contributed by atoms with E-state index in [4.69, 9.17) is 0 Å². The Morgan fingerprint density at radius 1 is 1.53 bits per heavy atom. The van der Waals surface area contributed by atoms with Crippen LogP contribution in [0.3, 0.4) is 0 Å². The molecule has 108 valence electrons. The van der Waals surface area contributed by atoms with Crippen LogP contribution in [0, 0.1) is 6.92 Å². The second-order valence-electron chi connectivity index (χ2n) is 4.89. The number of hydrogen-bond acceptors (Lipinski definition) is 3. The van der Waals surface area contributed by atoms with Crippen LogP contribution in [0.2, 0.25) is 0 Å². The molecule has 2 heterocycles. The van der Waals surface area contributed by atoms with Gasteiger partial charge in [-0.1, -0.05) is 22.9 Å². The fraction of sp³-hybridized carbons (Fsp3) is 0.750. The number of sulfonamides is 1. The Kier molecular flexibility index (Phi) is 4.68. The molecular weight excluding hydrogens is 330 g/mol. The minimum absolute atomic E-state index is 0.0571. The highest BCUT2D eigenvalue weighted by molar-refractivity contribution is 9.09. The predicted molar refractivity (Wildman–Crippen MR) is 78.0 cm³/mol. The van der Waals surface area contributed by atoms with Gasteiger partial charge in [0, 0.05) is 30.7 Å². The summed E-state index contributed by atoms with van der Waals surface area (Å²) in [5.41, 5.74) is 0. The summed E-state index contributed by atoms with van der Waals surface area (Å²) in [5.74, 6) is 0.759. The molecule has 1 aliphatic rings. The zero-order valence-electron chi connectivity index (χ0n) is 11.3. The highest BCUT2D eigenvalue weighted by Crippen LogP contribution is 2.26. The summed E-state index contributed by atoms with van der Waals surface area (Å²) in [7, 11) is -3.45. The van der Waals surface area contributed by atoms with Gasteiger partial charge < -0.3 is 4.57 Å². The Balaban J connectivity index is 2.31. The summed E-state index contributed by atoms with van der Waals surface area (Å²) in [6.45, 7) is 5.31. The number of nitrogens with zero attached hydrogens (tertiary/aromatic N) is 3. The van der Waals surface area contributed by atoms with E-state index >= 15 is 0 Å². The third kappa shape index (κ3) is 2.87. The molecule has 0 amide bonds. The molecule has 1 atom stereocenters. The van der Waals surface area contributed by atoms with Crippen molar-refractivity contribution < 1.29 is 8.42 Å². The lowest BCUT2D eigenvalue weighted by Gasteiger charge is -2.20. The Morgan fingerprint density at radius 3 is 2.89 bits per heavy atom. The van der Waals surface area contributed by atoms with Gasteiger partial charge in [-0.25, -0.2) is 13.4 Å². The zero-order chi connectivity index (χ0) is 14.0. The molecule has 0 aliphatic carbocycles. The predicted octanol–water partition coefficient (Wildman–Crippen LogP) is 2.15. The van der Waals surface area contributed by atoms with Gasteiger partial charge in [-0.05, 0) is 26.2 Å². The van der Waals surface area contributed by atoms with Gasteiger partial charge in [-0.2, -0.15) is 4.31 Å². The Hall–Kier alpha value is -0.400. The topological polar surface area (TPSA) is 55.2 Å². The van der Waals surface area contributed by atoms with Gasteiger partial charge in [-0.15, -0.1) is 0 Å². The monoisotopic (exact) mass is 349 g/mol. The minimum atomic E-state index is -3.45. The number of rotatable bonds is 5. The van der Waals surface area contributed by atoms with Gasteiger partial charge >= 0.3 is 0 Å². The van der Waals surface area contributed by atoms with Gasteiger partial charge in [0.05, 0.1) is 0 Å². The number of aromatic nitrogens is 2. The highest BCUT2D eigenvalue weighted by atomic mass is 79.9. The quantitative estimate of drug-likeness (QED) is 0.765. The molecule has 1 saturated heterocycles. The van der Waals surface area contributed by atoms with E-state index in [1.807, 2.05) is 11.5 Å². The third-order valence-corrected chi connectivity index (χ3v) is 6.06. The molecule has 2 rings (SSSR count).